The monoisotopic (exact) mass is 422 g/mol. The van der Waals surface area contributed by atoms with Gasteiger partial charge in [-0.15, -0.1) is 0 Å². The van der Waals surface area contributed by atoms with E-state index in [4.69, 9.17) is 9.47 Å². The van der Waals surface area contributed by atoms with Crippen LogP contribution in [0, 0.1) is 5.92 Å². The van der Waals surface area contributed by atoms with Crippen molar-refractivity contribution in [3.63, 3.8) is 0 Å². The smallest absolute Gasteiger partial charge is 0.345 e. The summed E-state index contributed by atoms with van der Waals surface area (Å²) in [7, 11) is -0.907. The van der Waals surface area contributed by atoms with E-state index in [1.165, 1.54) is 20.3 Å². The Morgan fingerprint density at radius 2 is 1.97 bits per heavy atom. The van der Waals surface area contributed by atoms with Gasteiger partial charge < -0.3 is 9.47 Å². The minimum absolute atomic E-state index is 0.0353. The molecule has 1 aromatic heterocycles. The fraction of sp³-hybridized carbons (Fsp3) is 0.579. The Kier molecular flexibility index (Phi) is 5.39. The van der Waals surface area contributed by atoms with Crippen molar-refractivity contribution in [2.45, 2.75) is 56.1 Å². The summed E-state index contributed by atoms with van der Waals surface area (Å²) in [6.07, 6.45) is 3.96. The highest BCUT2D eigenvalue weighted by Crippen LogP contribution is 2.30. The molecule has 0 amide bonds. The molecule has 2 heterocycles. The topological polar surface area (TPSA) is 104 Å². The van der Waals surface area contributed by atoms with Crippen LogP contribution in [0.25, 0.3) is 0 Å². The largest absolute Gasteiger partial charge is 0.497 e. The average Bonchev–Trinajstić information content (AvgIpc) is 3.50. The Hall–Kier alpha value is -2.33. The lowest BCUT2D eigenvalue weighted by Gasteiger charge is -2.18. The molecule has 10 heteroatoms. The van der Waals surface area contributed by atoms with Crippen molar-refractivity contribution in [3.8, 4) is 11.5 Å². The third kappa shape index (κ3) is 4.18. The summed E-state index contributed by atoms with van der Waals surface area (Å²) in [6, 6.07) is 4.36. The number of rotatable bonds is 7. The molecule has 1 aliphatic carbocycles. The van der Waals surface area contributed by atoms with Gasteiger partial charge in [0.05, 0.1) is 14.2 Å². The van der Waals surface area contributed by atoms with Crippen LogP contribution in [-0.4, -0.2) is 43.0 Å². The Labute approximate surface area is 169 Å². The second kappa shape index (κ2) is 7.83. The molecule has 1 fully saturated rings. The number of aryl methyl sites for hydroxylation is 1. The third-order valence-corrected chi connectivity index (χ3v) is 7.07. The van der Waals surface area contributed by atoms with Crippen LogP contribution in [0.15, 0.2) is 27.9 Å². The van der Waals surface area contributed by atoms with Gasteiger partial charge in [-0.2, -0.15) is 5.10 Å². The van der Waals surface area contributed by atoms with E-state index in [9.17, 15) is 13.2 Å². The molecule has 0 spiro atoms. The van der Waals surface area contributed by atoms with Crippen LogP contribution in [0.1, 0.15) is 31.5 Å². The number of nitrogens with zero attached hydrogens (tertiary/aromatic N) is 3. The molecule has 0 bridgehead atoms. The first kappa shape index (κ1) is 20.0. The van der Waals surface area contributed by atoms with Gasteiger partial charge in [0.1, 0.15) is 22.2 Å². The zero-order valence-corrected chi connectivity index (χ0v) is 17.4. The number of benzene rings is 1. The maximum atomic E-state index is 13.0. The van der Waals surface area contributed by atoms with Crippen molar-refractivity contribution in [1.29, 1.82) is 0 Å². The molecule has 1 atom stereocenters. The summed E-state index contributed by atoms with van der Waals surface area (Å²) >= 11 is 0. The van der Waals surface area contributed by atoms with Gasteiger partial charge in [0.15, 0.2) is 0 Å². The molecular weight excluding hydrogens is 396 g/mol. The summed E-state index contributed by atoms with van der Waals surface area (Å²) in [5.41, 5.74) is -0.0927. The van der Waals surface area contributed by atoms with E-state index in [0.717, 1.165) is 18.7 Å². The maximum absolute atomic E-state index is 13.0. The summed E-state index contributed by atoms with van der Waals surface area (Å²) in [4.78, 5) is 12.6. The van der Waals surface area contributed by atoms with Crippen molar-refractivity contribution in [2.24, 2.45) is 5.92 Å². The van der Waals surface area contributed by atoms with Crippen molar-refractivity contribution >= 4 is 10.0 Å². The number of hydrogen-bond acceptors (Lipinski definition) is 6. The van der Waals surface area contributed by atoms with Gasteiger partial charge in [0, 0.05) is 31.6 Å². The lowest BCUT2D eigenvalue weighted by molar-refractivity contribution is 0.391. The number of aromatic nitrogens is 3. The van der Waals surface area contributed by atoms with Crippen molar-refractivity contribution in [2.75, 3.05) is 14.2 Å². The fourth-order valence-corrected chi connectivity index (χ4v) is 5.18. The van der Waals surface area contributed by atoms with Crippen LogP contribution < -0.4 is 19.9 Å². The average molecular weight is 423 g/mol. The van der Waals surface area contributed by atoms with E-state index in [-0.39, 0.29) is 22.4 Å². The minimum atomic E-state index is -3.82. The zero-order chi connectivity index (χ0) is 20.6. The summed E-state index contributed by atoms with van der Waals surface area (Å²) in [5.74, 6) is 1.99. The predicted octanol–water partition coefficient (Wildman–Crippen LogP) is 1.16. The number of methoxy groups -OCH3 is 2. The van der Waals surface area contributed by atoms with Gasteiger partial charge in [0.25, 0.3) is 0 Å². The molecule has 1 aliphatic heterocycles. The quantitative estimate of drug-likeness (QED) is 0.718. The predicted molar refractivity (Wildman–Crippen MR) is 106 cm³/mol. The number of ether oxygens (including phenoxy) is 2. The zero-order valence-electron chi connectivity index (χ0n) is 16.6. The molecule has 1 aromatic carbocycles. The number of hydrogen-bond donors (Lipinski definition) is 1. The highest BCUT2D eigenvalue weighted by molar-refractivity contribution is 7.89. The fourth-order valence-electron chi connectivity index (χ4n) is 3.69. The van der Waals surface area contributed by atoms with Crippen molar-refractivity contribution in [1.82, 2.24) is 19.1 Å². The first-order valence-electron chi connectivity index (χ1n) is 9.82. The molecule has 4 rings (SSSR count). The van der Waals surface area contributed by atoms with E-state index in [0.29, 0.717) is 44.0 Å². The standard InChI is InChI=1S/C19H26N4O5S/c1-27-15-6-7-16(28-2)17(11-15)29(25,26)21-14-5-8-18-20-23(12-13-3-4-13)19(24)22(18)10-9-14/h6-7,11,13-14,21H,3-5,8-10,12H2,1-2H3. The van der Waals surface area contributed by atoms with Crippen LogP contribution in [0.2, 0.25) is 0 Å². The molecule has 2 aromatic rings. The van der Waals surface area contributed by atoms with Crippen LogP contribution >= 0.6 is 0 Å². The van der Waals surface area contributed by atoms with Crippen LogP contribution in [0.3, 0.4) is 0 Å². The summed E-state index contributed by atoms with van der Waals surface area (Å²) in [5, 5.41) is 4.48. The summed E-state index contributed by atoms with van der Waals surface area (Å²) < 4.78 is 42.4. The molecule has 1 N–H and O–H groups in total. The highest BCUT2D eigenvalue weighted by atomic mass is 32.2. The van der Waals surface area contributed by atoms with Crippen LogP contribution in [0.4, 0.5) is 0 Å². The van der Waals surface area contributed by atoms with E-state index in [2.05, 4.69) is 9.82 Å². The molecule has 29 heavy (non-hydrogen) atoms. The summed E-state index contributed by atoms with van der Waals surface area (Å²) in [6.45, 7) is 1.13. The minimum Gasteiger partial charge on any atom is -0.497 e. The van der Waals surface area contributed by atoms with Crippen LogP contribution in [0.5, 0.6) is 11.5 Å². The van der Waals surface area contributed by atoms with Crippen molar-refractivity contribution < 1.29 is 17.9 Å². The van der Waals surface area contributed by atoms with Gasteiger partial charge in [-0.1, -0.05) is 0 Å². The highest BCUT2D eigenvalue weighted by Gasteiger charge is 2.29. The van der Waals surface area contributed by atoms with E-state index >= 15 is 0 Å². The number of nitrogens with one attached hydrogen (secondary N) is 1. The molecule has 9 nitrogen and oxygen atoms in total. The Bertz CT molecular complexity index is 1060. The van der Waals surface area contributed by atoms with Crippen LogP contribution in [-0.2, 0) is 29.5 Å². The molecule has 1 saturated carbocycles. The molecule has 0 saturated heterocycles. The second-order valence-electron chi connectivity index (χ2n) is 7.64. The molecule has 0 radical (unpaired) electrons. The Morgan fingerprint density at radius 3 is 2.66 bits per heavy atom. The lowest BCUT2D eigenvalue weighted by Crippen LogP contribution is -2.36. The molecule has 158 valence electrons. The first-order valence-corrected chi connectivity index (χ1v) is 11.3. The van der Waals surface area contributed by atoms with Gasteiger partial charge in [0.2, 0.25) is 10.0 Å². The van der Waals surface area contributed by atoms with Crippen molar-refractivity contribution in [3.05, 3.63) is 34.5 Å². The lowest BCUT2D eigenvalue weighted by atomic mass is 10.1. The van der Waals surface area contributed by atoms with Gasteiger partial charge >= 0.3 is 5.69 Å². The maximum Gasteiger partial charge on any atom is 0.345 e. The Balaban J connectivity index is 1.50. The molecule has 2 aliphatic rings. The number of fused-ring (bicyclic) bond motifs is 1. The van der Waals surface area contributed by atoms with Gasteiger partial charge in [-0.25, -0.2) is 22.6 Å². The first-order chi connectivity index (χ1) is 13.9. The van der Waals surface area contributed by atoms with Gasteiger partial charge in [-0.3, -0.25) is 4.57 Å². The molecule has 1 unspecified atom stereocenters. The Morgan fingerprint density at radius 1 is 1.17 bits per heavy atom. The second-order valence-corrected chi connectivity index (χ2v) is 9.32. The third-order valence-electron chi connectivity index (χ3n) is 5.53. The van der Waals surface area contributed by atoms with E-state index in [1.54, 1.807) is 21.4 Å². The van der Waals surface area contributed by atoms with Gasteiger partial charge in [-0.05, 0) is 43.7 Å². The number of sulfonamides is 1. The SMILES string of the molecule is COc1ccc(OC)c(S(=O)(=O)NC2CCc3nn(CC4CC4)c(=O)n3CC2)c1. The molecular formula is C19H26N4O5S. The van der Waals surface area contributed by atoms with E-state index in [1.807, 2.05) is 0 Å². The van der Waals surface area contributed by atoms with E-state index < -0.39 is 10.0 Å². The normalized spacial score (nSPS) is 19.4.